The molecule has 23 heavy (non-hydrogen) atoms. The Morgan fingerprint density at radius 3 is 2.61 bits per heavy atom. The molecule has 0 saturated carbocycles. The van der Waals surface area contributed by atoms with E-state index in [1.54, 1.807) is 0 Å². The lowest BCUT2D eigenvalue weighted by atomic mass is 10.2. The van der Waals surface area contributed by atoms with E-state index >= 15 is 0 Å². The SMILES string of the molecule is Cc1c(Br)nc(CC(=O)O)c(=O)n1-c1cccc(C(F)(F)F)c1. The molecular weight excluding hydrogens is 381 g/mol. The normalized spacial score (nSPS) is 11.5. The molecule has 2 rings (SSSR count). The number of alkyl halides is 3. The standard InChI is InChI=1S/C14H10BrF3N2O3/c1-7-12(15)19-10(6-11(21)22)13(23)20(7)9-4-2-3-8(5-9)14(16,17)18/h2-5H,6H2,1H3,(H,21,22). The molecule has 1 aromatic carbocycles. The number of hydrogen-bond acceptors (Lipinski definition) is 3. The van der Waals surface area contributed by atoms with Gasteiger partial charge in [-0.05, 0) is 41.1 Å². The lowest BCUT2D eigenvalue weighted by molar-refractivity contribution is -0.138. The first-order chi connectivity index (χ1) is 10.6. The van der Waals surface area contributed by atoms with Gasteiger partial charge in [0.15, 0.2) is 0 Å². The lowest BCUT2D eigenvalue weighted by Crippen LogP contribution is -2.28. The molecule has 0 aliphatic rings. The van der Waals surface area contributed by atoms with Gasteiger partial charge in [-0.25, -0.2) is 4.98 Å². The molecule has 0 atom stereocenters. The summed E-state index contributed by atoms with van der Waals surface area (Å²) in [6.45, 7) is 1.49. The van der Waals surface area contributed by atoms with Crippen LogP contribution in [0.25, 0.3) is 5.69 Å². The molecule has 0 spiro atoms. The quantitative estimate of drug-likeness (QED) is 0.874. The molecule has 0 amide bonds. The topological polar surface area (TPSA) is 72.2 Å². The molecule has 9 heteroatoms. The molecule has 0 fully saturated rings. The maximum atomic E-state index is 12.8. The minimum atomic E-state index is -4.55. The number of aromatic nitrogens is 2. The van der Waals surface area contributed by atoms with Crippen LogP contribution in [-0.2, 0) is 17.4 Å². The summed E-state index contributed by atoms with van der Waals surface area (Å²) in [6, 6.07) is 4.22. The molecule has 1 aromatic heterocycles. The van der Waals surface area contributed by atoms with Crippen molar-refractivity contribution in [3.8, 4) is 5.69 Å². The fourth-order valence-corrected chi connectivity index (χ4v) is 2.40. The largest absolute Gasteiger partial charge is 0.481 e. The average molecular weight is 391 g/mol. The van der Waals surface area contributed by atoms with Crippen molar-refractivity contribution in [2.75, 3.05) is 0 Å². The predicted octanol–water partition coefficient (Wildman–Crippen LogP) is 2.95. The van der Waals surface area contributed by atoms with E-state index in [0.29, 0.717) is 0 Å². The Morgan fingerprint density at radius 1 is 1.39 bits per heavy atom. The van der Waals surface area contributed by atoms with Gasteiger partial charge in [0, 0.05) is 5.69 Å². The van der Waals surface area contributed by atoms with Crippen LogP contribution in [0.1, 0.15) is 17.0 Å². The maximum Gasteiger partial charge on any atom is 0.416 e. The van der Waals surface area contributed by atoms with Crippen molar-refractivity contribution in [3.05, 3.63) is 56.2 Å². The molecule has 0 unspecified atom stereocenters. The van der Waals surface area contributed by atoms with Gasteiger partial charge >= 0.3 is 12.1 Å². The number of halogens is 4. The second-order valence-corrected chi connectivity index (χ2v) is 5.45. The molecular formula is C14H10BrF3N2O3. The Bertz CT molecular complexity index is 831. The van der Waals surface area contributed by atoms with Crippen molar-refractivity contribution in [1.29, 1.82) is 0 Å². The molecule has 2 aromatic rings. The molecule has 0 radical (unpaired) electrons. The summed E-state index contributed by atoms with van der Waals surface area (Å²) in [6.07, 6.45) is -5.18. The highest BCUT2D eigenvalue weighted by Gasteiger charge is 2.30. The Hall–Kier alpha value is -2.16. The minimum absolute atomic E-state index is 0.0166. The van der Waals surface area contributed by atoms with Crippen LogP contribution in [0, 0.1) is 6.92 Å². The van der Waals surface area contributed by atoms with E-state index in [4.69, 9.17) is 5.11 Å². The summed E-state index contributed by atoms with van der Waals surface area (Å²) in [5, 5.41) is 8.81. The smallest absolute Gasteiger partial charge is 0.416 e. The Morgan fingerprint density at radius 2 is 2.04 bits per heavy atom. The zero-order valence-electron chi connectivity index (χ0n) is 11.7. The third-order valence-corrected chi connectivity index (χ3v) is 3.82. The van der Waals surface area contributed by atoms with Gasteiger partial charge in [-0.3, -0.25) is 14.2 Å². The first kappa shape index (κ1) is 17.2. The number of carbonyl (C=O) groups is 1. The number of benzene rings is 1. The number of hydrogen-bond donors (Lipinski definition) is 1. The second kappa shape index (κ2) is 6.15. The van der Waals surface area contributed by atoms with E-state index in [1.807, 2.05) is 0 Å². The van der Waals surface area contributed by atoms with E-state index in [2.05, 4.69) is 20.9 Å². The van der Waals surface area contributed by atoms with Crippen molar-refractivity contribution in [2.45, 2.75) is 19.5 Å². The highest BCUT2D eigenvalue weighted by Crippen LogP contribution is 2.30. The number of rotatable bonds is 3. The zero-order chi connectivity index (χ0) is 17.4. The van der Waals surface area contributed by atoms with Crippen molar-refractivity contribution in [3.63, 3.8) is 0 Å². The van der Waals surface area contributed by atoms with Crippen LogP contribution in [0.2, 0.25) is 0 Å². The van der Waals surface area contributed by atoms with Crippen LogP contribution in [0.4, 0.5) is 13.2 Å². The monoisotopic (exact) mass is 390 g/mol. The lowest BCUT2D eigenvalue weighted by Gasteiger charge is -2.14. The summed E-state index contributed by atoms with van der Waals surface area (Å²) in [7, 11) is 0. The second-order valence-electron chi connectivity index (χ2n) is 4.69. The first-order valence-electron chi connectivity index (χ1n) is 6.28. The van der Waals surface area contributed by atoms with Crippen LogP contribution in [0.3, 0.4) is 0 Å². The molecule has 1 heterocycles. The van der Waals surface area contributed by atoms with Crippen molar-refractivity contribution in [2.24, 2.45) is 0 Å². The van der Waals surface area contributed by atoms with Crippen molar-refractivity contribution < 1.29 is 23.1 Å². The summed E-state index contributed by atoms with van der Waals surface area (Å²) >= 11 is 3.09. The van der Waals surface area contributed by atoms with Gasteiger partial charge in [-0.15, -0.1) is 0 Å². The maximum absolute atomic E-state index is 12.8. The fourth-order valence-electron chi connectivity index (χ4n) is 2.01. The van der Waals surface area contributed by atoms with Gasteiger partial charge in [-0.2, -0.15) is 13.2 Å². The highest BCUT2D eigenvalue weighted by molar-refractivity contribution is 9.10. The van der Waals surface area contributed by atoms with Gasteiger partial charge in [-0.1, -0.05) is 6.07 Å². The van der Waals surface area contributed by atoms with Crippen molar-refractivity contribution >= 4 is 21.9 Å². The van der Waals surface area contributed by atoms with Gasteiger partial charge in [0.2, 0.25) is 0 Å². The molecule has 0 bridgehead atoms. The molecule has 0 aliphatic heterocycles. The predicted molar refractivity (Wildman–Crippen MR) is 78.6 cm³/mol. The summed E-state index contributed by atoms with van der Waals surface area (Å²) in [5.74, 6) is -1.26. The van der Waals surface area contributed by atoms with Crippen LogP contribution in [-0.4, -0.2) is 20.6 Å². The summed E-state index contributed by atoms with van der Waals surface area (Å²) in [5.41, 5.74) is -1.70. The average Bonchev–Trinajstić information content (AvgIpc) is 2.44. The Labute approximate surface area is 136 Å². The highest BCUT2D eigenvalue weighted by atomic mass is 79.9. The minimum Gasteiger partial charge on any atom is -0.481 e. The zero-order valence-corrected chi connectivity index (χ0v) is 13.3. The van der Waals surface area contributed by atoms with E-state index in [9.17, 15) is 22.8 Å². The van der Waals surface area contributed by atoms with Gasteiger partial charge in [0.1, 0.15) is 10.3 Å². The Balaban J connectivity index is 2.71. The Kier molecular flexibility index (Phi) is 4.60. The molecule has 5 nitrogen and oxygen atoms in total. The fraction of sp³-hybridized carbons (Fsp3) is 0.214. The molecule has 1 N–H and O–H groups in total. The van der Waals surface area contributed by atoms with E-state index in [-0.39, 0.29) is 21.7 Å². The summed E-state index contributed by atoms with van der Waals surface area (Å²) in [4.78, 5) is 27.0. The number of nitrogens with zero attached hydrogens (tertiary/aromatic N) is 2. The van der Waals surface area contributed by atoms with E-state index in [1.165, 1.54) is 19.1 Å². The van der Waals surface area contributed by atoms with Gasteiger partial charge in [0.05, 0.1) is 17.7 Å². The van der Waals surface area contributed by atoms with Crippen LogP contribution < -0.4 is 5.56 Å². The van der Waals surface area contributed by atoms with E-state index < -0.39 is 29.7 Å². The number of carboxylic acid groups (broad SMARTS) is 1. The molecule has 0 saturated heterocycles. The van der Waals surface area contributed by atoms with Gasteiger partial charge < -0.3 is 5.11 Å². The third kappa shape index (κ3) is 3.61. The number of aliphatic carboxylic acids is 1. The van der Waals surface area contributed by atoms with E-state index in [0.717, 1.165) is 16.7 Å². The van der Waals surface area contributed by atoms with Crippen molar-refractivity contribution in [1.82, 2.24) is 9.55 Å². The molecule has 122 valence electrons. The summed E-state index contributed by atoms with van der Waals surface area (Å²) < 4.78 is 39.7. The molecule has 0 aliphatic carbocycles. The first-order valence-corrected chi connectivity index (χ1v) is 7.08. The van der Waals surface area contributed by atoms with Crippen LogP contribution >= 0.6 is 15.9 Å². The number of carboxylic acids is 1. The third-order valence-electron chi connectivity index (χ3n) is 3.07. The van der Waals surface area contributed by atoms with Crippen LogP contribution in [0.15, 0.2) is 33.7 Å². The van der Waals surface area contributed by atoms with Gasteiger partial charge in [0.25, 0.3) is 5.56 Å². The van der Waals surface area contributed by atoms with Crippen LogP contribution in [0.5, 0.6) is 0 Å².